The number of halogens is 2. The first-order valence-electron chi connectivity index (χ1n) is 8.97. The molecule has 0 heterocycles. The number of para-hydroxylation sites is 1. The minimum Gasteiger partial charge on any atom is -0.444 e. The fraction of sp³-hybridized carbons (Fsp3) is 0.316. The molecule has 2 rings (SSSR count). The molecule has 1 atom stereocenters. The highest BCUT2D eigenvalue weighted by molar-refractivity contribution is 14.1. The normalized spacial score (nSPS) is 12.8. The second-order valence-electron chi connectivity index (χ2n) is 7.48. The van der Waals surface area contributed by atoms with Crippen LogP contribution in [0.5, 0.6) is 0 Å². The van der Waals surface area contributed by atoms with Gasteiger partial charge in [0.1, 0.15) is 11.4 Å². The lowest BCUT2D eigenvalue weighted by Gasteiger charge is -2.24. The number of nitro groups is 1. The molecule has 2 N–H and O–H groups in total. The Morgan fingerprint density at radius 2 is 1.90 bits per heavy atom. The van der Waals surface area contributed by atoms with E-state index < -0.39 is 55.6 Å². The van der Waals surface area contributed by atoms with E-state index in [-0.39, 0.29) is 0 Å². The zero-order valence-corrected chi connectivity index (χ0v) is 19.9. The number of hydrogen-bond acceptors (Lipinski definition) is 6. The average molecular weight is 565 g/mol. The molecule has 0 unspecified atom stereocenters. The standard InChI is InChI=1S/C19H21FIN3O6S/c1-19(2,3)30-18(25)23-15(12-8-13(20)10-14(21)9-12)11-22-31(28,29)17-7-5-4-6-16(17)24(26)27/h4-10,15,22H,11H2,1-3H3,(H,23,25)/t15-/m1/s1. The van der Waals surface area contributed by atoms with Crippen molar-refractivity contribution in [2.75, 3.05) is 6.54 Å². The topological polar surface area (TPSA) is 128 Å². The van der Waals surface area contributed by atoms with E-state index in [1.165, 1.54) is 18.2 Å². The van der Waals surface area contributed by atoms with Gasteiger partial charge < -0.3 is 10.1 Å². The van der Waals surface area contributed by atoms with E-state index in [9.17, 15) is 27.7 Å². The number of carbonyl (C=O) groups is 1. The molecular weight excluding hydrogens is 544 g/mol. The van der Waals surface area contributed by atoms with Crippen molar-refractivity contribution in [3.63, 3.8) is 0 Å². The quantitative estimate of drug-likeness (QED) is 0.298. The zero-order chi connectivity index (χ0) is 23.4. The summed E-state index contributed by atoms with van der Waals surface area (Å²) in [6.45, 7) is 4.57. The van der Waals surface area contributed by atoms with E-state index >= 15 is 0 Å². The van der Waals surface area contributed by atoms with Crippen LogP contribution in [-0.2, 0) is 14.8 Å². The third kappa shape index (κ3) is 7.40. The summed E-state index contributed by atoms with van der Waals surface area (Å²) in [5.41, 5.74) is -1.11. The molecule has 0 saturated heterocycles. The number of ether oxygens (including phenoxy) is 1. The first-order valence-corrected chi connectivity index (χ1v) is 11.5. The van der Waals surface area contributed by atoms with Crippen LogP contribution in [0.3, 0.4) is 0 Å². The average Bonchev–Trinajstić information content (AvgIpc) is 2.62. The lowest BCUT2D eigenvalue weighted by atomic mass is 10.1. The number of amides is 1. The van der Waals surface area contributed by atoms with Gasteiger partial charge in [0.15, 0.2) is 4.90 Å². The number of nitro benzene ring substituents is 1. The van der Waals surface area contributed by atoms with E-state index in [1.807, 2.05) is 22.6 Å². The largest absolute Gasteiger partial charge is 0.444 e. The molecule has 31 heavy (non-hydrogen) atoms. The van der Waals surface area contributed by atoms with Gasteiger partial charge in [-0.2, -0.15) is 0 Å². The molecule has 0 aliphatic rings. The van der Waals surface area contributed by atoms with Crippen LogP contribution in [0.25, 0.3) is 0 Å². The number of rotatable bonds is 7. The third-order valence-corrected chi connectivity index (χ3v) is 5.90. The lowest BCUT2D eigenvalue weighted by Crippen LogP contribution is -2.40. The number of nitrogens with zero attached hydrogens (tertiary/aromatic N) is 1. The van der Waals surface area contributed by atoms with Gasteiger partial charge in [-0.3, -0.25) is 10.1 Å². The Morgan fingerprint density at radius 3 is 2.48 bits per heavy atom. The van der Waals surface area contributed by atoms with Crippen molar-refractivity contribution in [2.24, 2.45) is 0 Å². The summed E-state index contributed by atoms with van der Waals surface area (Å²) < 4.78 is 47.3. The van der Waals surface area contributed by atoms with E-state index in [0.29, 0.717) is 9.13 Å². The summed E-state index contributed by atoms with van der Waals surface area (Å²) >= 11 is 1.89. The number of carbonyl (C=O) groups excluding carboxylic acids is 1. The number of hydrogen-bond donors (Lipinski definition) is 2. The number of benzene rings is 2. The van der Waals surface area contributed by atoms with Crippen LogP contribution < -0.4 is 10.0 Å². The molecule has 0 bridgehead atoms. The van der Waals surface area contributed by atoms with E-state index in [1.54, 1.807) is 26.8 Å². The van der Waals surface area contributed by atoms with Gasteiger partial charge >= 0.3 is 6.09 Å². The van der Waals surface area contributed by atoms with Gasteiger partial charge in [-0.15, -0.1) is 0 Å². The maximum absolute atomic E-state index is 13.9. The fourth-order valence-electron chi connectivity index (χ4n) is 2.58. The summed E-state index contributed by atoms with van der Waals surface area (Å²) in [5.74, 6) is -0.570. The second-order valence-corrected chi connectivity index (χ2v) is 10.5. The molecule has 2 aromatic rings. The molecule has 0 aliphatic heterocycles. The maximum Gasteiger partial charge on any atom is 0.408 e. The minimum atomic E-state index is -4.31. The van der Waals surface area contributed by atoms with E-state index in [4.69, 9.17) is 4.74 Å². The molecule has 0 aromatic heterocycles. The molecule has 0 spiro atoms. The predicted octanol–water partition coefficient (Wildman–Crippen LogP) is 3.88. The Bertz CT molecular complexity index is 1070. The molecule has 0 aliphatic carbocycles. The summed E-state index contributed by atoms with van der Waals surface area (Å²) in [6, 6.07) is 7.87. The van der Waals surface area contributed by atoms with Crippen molar-refractivity contribution in [2.45, 2.75) is 37.3 Å². The van der Waals surface area contributed by atoms with Crippen LogP contribution in [0.1, 0.15) is 32.4 Å². The third-order valence-electron chi connectivity index (χ3n) is 3.81. The SMILES string of the molecule is CC(C)(C)OC(=O)N[C@H](CNS(=O)(=O)c1ccccc1[N+](=O)[O-])c1cc(F)cc(I)c1. The Hall–Kier alpha value is -2.32. The van der Waals surface area contributed by atoms with Gasteiger partial charge in [-0.1, -0.05) is 12.1 Å². The molecular formula is C19H21FIN3O6S. The summed E-state index contributed by atoms with van der Waals surface area (Å²) in [6.07, 6.45) is -0.832. The minimum absolute atomic E-state index is 0.292. The van der Waals surface area contributed by atoms with Crippen LogP contribution in [0.15, 0.2) is 47.4 Å². The molecule has 0 radical (unpaired) electrons. The number of nitrogens with one attached hydrogen (secondary N) is 2. The highest BCUT2D eigenvalue weighted by Gasteiger charge is 2.27. The van der Waals surface area contributed by atoms with Gasteiger partial charge in [0.05, 0.1) is 11.0 Å². The van der Waals surface area contributed by atoms with Crippen LogP contribution in [0.2, 0.25) is 0 Å². The second kappa shape index (κ2) is 9.87. The van der Waals surface area contributed by atoms with Gasteiger partial charge in [-0.05, 0) is 73.2 Å². The number of alkyl carbamates (subject to hydrolysis) is 1. The molecule has 9 nitrogen and oxygen atoms in total. The zero-order valence-electron chi connectivity index (χ0n) is 16.9. The first-order chi connectivity index (χ1) is 14.3. The Labute approximate surface area is 192 Å². The predicted molar refractivity (Wildman–Crippen MR) is 120 cm³/mol. The lowest BCUT2D eigenvalue weighted by molar-refractivity contribution is -0.387. The summed E-state index contributed by atoms with van der Waals surface area (Å²) in [4.78, 5) is 22.1. The van der Waals surface area contributed by atoms with Crippen molar-refractivity contribution in [3.05, 3.63) is 67.5 Å². The van der Waals surface area contributed by atoms with Gasteiger partial charge in [0.2, 0.25) is 10.0 Å². The van der Waals surface area contributed by atoms with Crippen molar-refractivity contribution in [1.29, 1.82) is 0 Å². The molecule has 0 fully saturated rings. The van der Waals surface area contributed by atoms with Crippen molar-refractivity contribution >= 4 is 44.4 Å². The Balaban J connectivity index is 2.33. The van der Waals surface area contributed by atoms with Gasteiger partial charge in [0, 0.05) is 16.2 Å². The van der Waals surface area contributed by atoms with Crippen molar-refractivity contribution in [1.82, 2.24) is 10.0 Å². The van der Waals surface area contributed by atoms with Crippen LogP contribution in [0, 0.1) is 19.5 Å². The van der Waals surface area contributed by atoms with E-state index in [0.717, 1.165) is 18.2 Å². The molecule has 0 saturated carbocycles. The van der Waals surface area contributed by atoms with E-state index in [2.05, 4.69) is 10.0 Å². The maximum atomic E-state index is 13.9. The Kier molecular flexibility index (Phi) is 7.94. The van der Waals surface area contributed by atoms with Crippen LogP contribution in [0.4, 0.5) is 14.9 Å². The van der Waals surface area contributed by atoms with Gasteiger partial charge in [-0.25, -0.2) is 22.3 Å². The molecule has 1 amide bonds. The monoisotopic (exact) mass is 565 g/mol. The van der Waals surface area contributed by atoms with Crippen LogP contribution >= 0.6 is 22.6 Å². The molecule has 2 aromatic carbocycles. The smallest absolute Gasteiger partial charge is 0.408 e. The molecule has 12 heteroatoms. The Morgan fingerprint density at radius 1 is 1.26 bits per heavy atom. The summed E-state index contributed by atoms with van der Waals surface area (Å²) in [5, 5.41) is 13.7. The fourth-order valence-corrected chi connectivity index (χ4v) is 4.46. The molecule has 168 valence electrons. The highest BCUT2D eigenvalue weighted by Crippen LogP contribution is 2.24. The highest BCUT2D eigenvalue weighted by atomic mass is 127. The summed E-state index contributed by atoms with van der Waals surface area (Å²) in [7, 11) is -4.31. The number of sulfonamides is 1. The van der Waals surface area contributed by atoms with Crippen molar-refractivity contribution < 1.29 is 27.3 Å². The van der Waals surface area contributed by atoms with Crippen LogP contribution in [-0.4, -0.2) is 31.6 Å². The first kappa shape index (κ1) is 24.9. The van der Waals surface area contributed by atoms with Gasteiger partial charge in [0.25, 0.3) is 5.69 Å². The van der Waals surface area contributed by atoms with Crippen molar-refractivity contribution in [3.8, 4) is 0 Å².